The van der Waals surface area contributed by atoms with Crippen LogP contribution in [-0.2, 0) is 26.0 Å². The topological polar surface area (TPSA) is 81.2 Å². The van der Waals surface area contributed by atoms with Gasteiger partial charge < -0.3 is 4.90 Å². The summed E-state index contributed by atoms with van der Waals surface area (Å²) in [5.41, 5.74) is 0.780. The molecule has 2 unspecified atom stereocenters. The first-order chi connectivity index (χ1) is 18.1. The van der Waals surface area contributed by atoms with Gasteiger partial charge in [0, 0.05) is 41.8 Å². The lowest BCUT2D eigenvalue weighted by Gasteiger charge is -2.51. The molecule has 2 aromatic carbocycles. The Hall–Kier alpha value is -2.30. The van der Waals surface area contributed by atoms with Crippen LogP contribution in [0.1, 0.15) is 24.8 Å². The number of benzene rings is 2. The van der Waals surface area contributed by atoms with Gasteiger partial charge in [0.05, 0.1) is 11.6 Å². The predicted octanol–water partition coefficient (Wildman–Crippen LogP) is 3.97. The summed E-state index contributed by atoms with van der Waals surface area (Å²) in [4.78, 5) is 32.6. The van der Waals surface area contributed by atoms with Gasteiger partial charge in [0.15, 0.2) is 0 Å². The van der Waals surface area contributed by atoms with E-state index in [-0.39, 0.29) is 46.6 Å². The van der Waals surface area contributed by atoms with E-state index in [0.29, 0.717) is 23.1 Å². The van der Waals surface area contributed by atoms with Crippen LogP contribution in [0.4, 0.5) is 0 Å². The maximum absolute atomic E-state index is 14.1. The molecule has 0 N–H and O–H groups in total. The highest BCUT2D eigenvalue weighted by atomic mass is 35.5. The second-order valence-electron chi connectivity index (χ2n) is 10.0. The van der Waals surface area contributed by atoms with Crippen LogP contribution in [0.5, 0.6) is 0 Å². The zero-order valence-electron chi connectivity index (χ0n) is 20.3. The van der Waals surface area contributed by atoms with E-state index >= 15 is 0 Å². The Morgan fingerprint density at radius 3 is 2.29 bits per heavy atom. The average Bonchev–Trinajstić information content (AvgIpc) is 3.66. The number of hydrogen-bond donors (Lipinski definition) is 0. The van der Waals surface area contributed by atoms with E-state index in [1.807, 2.05) is 11.0 Å². The lowest BCUT2D eigenvalue weighted by molar-refractivity contribution is -0.153. The fourth-order valence-corrected chi connectivity index (χ4v) is 7.70. The summed E-state index contributed by atoms with van der Waals surface area (Å²) in [6, 6.07) is 9.71. The maximum Gasteiger partial charge on any atom is 0.267 e. The lowest BCUT2D eigenvalue weighted by atomic mass is 9.98. The molecule has 2 atom stereocenters. The quantitative estimate of drug-likeness (QED) is 0.505. The standard InChI is InChI=1S/C26H25Cl3N4O4S/c27-17-4-1-3-16(11-17)12-21-25(34)31(19-6-7-19)15-24-32(14-22(26(35)33(21)24)30-9-2-10-30)38(36,37)23-8-5-18(28)13-20(23)29/h1,3-5,8,11,13,15,19,21-22H,2,6-7,9-10,12,14H2. The Balaban J connectivity index is 1.48. The summed E-state index contributed by atoms with van der Waals surface area (Å²) >= 11 is 18.6. The predicted molar refractivity (Wildman–Crippen MR) is 144 cm³/mol. The van der Waals surface area contributed by atoms with E-state index in [0.717, 1.165) is 24.8 Å². The van der Waals surface area contributed by atoms with Gasteiger partial charge in [0.25, 0.3) is 10.0 Å². The lowest BCUT2D eigenvalue weighted by Crippen LogP contribution is -2.68. The molecule has 3 aliphatic heterocycles. The highest BCUT2D eigenvalue weighted by Crippen LogP contribution is 2.40. The van der Waals surface area contributed by atoms with Gasteiger partial charge in [-0.05, 0) is 55.2 Å². The Kier molecular flexibility index (Phi) is 6.63. The third-order valence-corrected chi connectivity index (χ3v) is 10.2. The Bertz CT molecular complexity index is 1460. The maximum atomic E-state index is 14.1. The van der Waals surface area contributed by atoms with Crippen molar-refractivity contribution in [2.45, 2.75) is 48.7 Å². The van der Waals surface area contributed by atoms with Crippen LogP contribution in [0.2, 0.25) is 15.1 Å². The van der Waals surface area contributed by atoms with Crippen LogP contribution in [0.15, 0.2) is 59.4 Å². The largest absolute Gasteiger partial charge is 0.311 e. The summed E-state index contributed by atoms with van der Waals surface area (Å²) in [6.07, 6.45) is 4.29. The van der Waals surface area contributed by atoms with Gasteiger partial charge in [0.2, 0.25) is 11.8 Å². The minimum Gasteiger partial charge on any atom is -0.311 e. The van der Waals surface area contributed by atoms with E-state index in [9.17, 15) is 18.0 Å². The molecule has 12 heteroatoms. The SMILES string of the molecule is O=C1C(Cc2cccc(Cl)c2)N2C(=O)C(N3CCC3)CN(S(=O)(=O)c3ccc(Cl)cc3Cl)C2=CN1C1CC1. The third kappa shape index (κ3) is 4.48. The molecule has 3 heterocycles. The Morgan fingerprint density at radius 2 is 1.66 bits per heavy atom. The molecule has 6 rings (SSSR count). The van der Waals surface area contributed by atoms with Crippen LogP contribution in [0.3, 0.4) is 0 Å². The van der Waals surface area contributed by atoms with Crippen LogP contribution in [0, 0.1) is 0 Å². The fourth-order valence-electron chi connectivity index (χ4n) is 5.28. The molecule has 4 aliphatic rings. The Morgan fingerprint density at radius 1 is 0.921 bits per heavy atom. The number of amides is 2. The first kappa shape index (κ1) is 26.0. The summed E-state index contributed by atoms with van der Waals surface area (Å²) in [7, 11) is -4.21. The molecule has 2 aromatic rings. The van der Waals surface area contributed by atoms with Crippen molar-refractivity contribution in [2.24, 2.45) is 0 Å². The number of sulfonamides is 1. The minimum absolute atomic E-state index is 0.0107. The number of likely N-dealkylation sites (tertiary alicyclic amines) is 1. The van der Waals surface area contributed by atoms with Gasteiger partial charge in [-0.1, -0.05) is 46.9 Å². The summed E-state index contributed by atoms with van der Waals surface area (Å²) in [5, 5.41) is 0.820. The van der Waals surface area contributed by atoms with Crippen molar-refractivity contribution >= 4 is 56.6 Å². The number of nitrogens with zero attached hydrogens (tertiary/aromatic N) is 4. The summed E-state index contributed by atoms with van der Waals surface area (Å²) < 4.78 is 29.5. The minimum atomic E-state index is -4.21. The molecular weight excluding hydrogens is 571 g/mol. The first-order valence-corrected chi connectivity index (χ1v) is 15.1. The molecule has 1 aliphatic carbocycles. The highest BCUT2D eigenvalue weighted by Gasteiger charge is 2.53. The molecule has 38 heavy (non-hydrogen) atoms. The molecule has 8 nitrogen and oxygen atoms in total. The highest BCUT2D eigenvalue weighted by molar-refractivity contribution is 7.89. The number of rotatable bonds is 6. The van der Waals surface area contributed by atoms with Crippen LogP contribution < -0.4 is 0 Å². The number of fused-ring (bicyclic) bond motifs is 1. The molecule has 3 fully saturated rings. The normalized spacial score (nSPS) is 24.3. The van der Waals surface area contributed by atoms with E-state index in [2.05, 4.69) is 0 Å². The van der Waals surface area contributed by atoms with E-state index in [1.165, 1.54) is 33.6 Å². The van der Waals surface area contributed by atoms with Crippen molar-refractivity contribution in [1.82, 2.24) is 19.0 Å². The van der Waals surface area contributed by atoms with Crippen LogP contribution in [-0.4, -0.2) is 77.0 Å². The van der Waals surface area contributed by atoms with Gasteiger partial charge in [-0.15, -0.1) is 0 Å². The second-order valence-corrected chi connectivity index (χ2v) is 13.1. The van der Waals surface area contributed by atoms with Crippen molar-refractivity contribution < 1.29 is 18.0 Å². The van der Waals surface area contributed by atoms with Crippen molar-refractivity contribution in [3.63, 3.8) is 0 Å². The molecular formula is C26H25Cl3N4O4S. The number of halogens is 3. The molecule has 2 saturated heterocycles. The molecule has 0 aromatic heterocycles. The van der Waals surface area contributed by atoms with Gasteiger partial charge in [-0.25, -0.2) is 12.7 Å². The molecule has 2 amide bonds. The van der Waals surface area contributed by atoms with Crippen molar-refractivity contribution in [1.29, 1.82) is 0 Å². The van der Waals surface area contributed by atoms with E-state index in [4.69, 9.17) is 34.8 Å². The molecule has 0 spiro atoms. The van der Waals surface area contributed by atoms with Crippen molar-refractivity contribution in [3.05, 3.63) is 75.1 Å². The fraction of sp³-hybridized carbons (Fsp3) is 0.385. The van der Waals surface area contributed by atoms with Crippen LogP contribution in [0.25, 0.3) is 0 Å². The number of carbonyl (C=O) groups is 2. The van der Waals surface area contributed by atoms with Crippen LogP contribution >= 0.6 is 34.8 Å². The zero-order valence-corrected chi connectivity index (χ0v) is 23.3. The van der Waals surface area contributed by atoms with E-state index in [1.54, 1.807) is 23.1 Å². The van der Waals surface area contributed by atoms with Gasteiger partial charge >= 0.3 is 0 Å². The smallest absolute Gasteiger partial charge is 0.267 e. The van der Waals surface area contributed by atoms with Crippen molar-refractivity contribution in [3.8, 4) is 0 Å². The number of hydrogen-bond acceptors (Lipinski definition) is 5. The number of carbonyl (C=O) groups excluding carboxylic acids is 2. The van der Waals surface area contributed by atoms with Gasteiger partial charge in [-0.2, -0.15) is 0 Å². The zero-order chi connectivity index (χ0) is 26.8. The van der Waals surface area contributed by atoms with Gasteiger partial charge in [0.1, 0.15) is 22.8 Å². The monoisotopic (exact) mass is 594 g/mol. The van der Waals surface area contributed by atoms with Crippen molar-refractivity contribution in [2.75, 3.05) is 19.6 Å². The average molecular weight is 596 g/mol. The Labute approximate surface area is 236 Å². The third-order valence-electron chi connectivity index (χ3n) is 7.52. The first-order valence-electron chi connectivity index (χ1n) is 12.5. The van der Waals surface area contributed by atoms with Gasteiger partial charge in [-0.3, -0.25) is 19.4 Å². The molecule has 0 radical (unpaired) electrons. The second kappa shape index (κ2) is 9.71. The molecule has 1 saturated carbocycles. The summed E-state index contributed by atoms with van der Waals surface area (Å²) in [6.45, 7) is 1.29. The molecule has 0 bridgehead atoms. The van der Waals surface area contributed by atoms with E-state index < -0.39 is 22.1 Å². The molecule has 200 valence electrons. The summed E-state index contributed by atoms with van der Waals surface area (Å²) in [5.74, 6) is -0.340.